The molecule has 1 aromatic heterocycles. The molecule has 7 atom stereocenters. The summed E-state index contributed by atoms with van der Waals surface area (Å²) in [5.74, 6) is -1.53. The van der Waals surface area contributed by atoms with Gasteiger partial charge in [0.05, 0.1) is 18.9 Å². The minimum atomic E-state index is -3.90. The first-order valence-corrected chi connectivity index (χ1v) is 20.5. The summed E-state index contributed by atoms with van der Waals surface area (Å²) in [6.07, 6.45) is 7.84. The number of amides is 4. The molecule has 0 spiro atoms. The van der Waals surface area contributed by atoms with Gasteiger partial charge in [-0.1, -0.05) is 38.5 Å². The molecule has 15 heteroatoms. The van der Waals surface area contributed by atoms with Gasteiger partial charge >= 0.3 is 6.09 Å². The Bertz CT molecular complexity index is 1910. The molecule has 294 valence electrons. The highest BCUT2D eigenvalue weighted by atomic mass is 32.2. The zero-order chi connectivity index (χ0) is 39.0. The lowest BCUT2D eigenvalue weighted by Gasteiger charge is -2.34. The summed E-state index contributed by atoms with van der Waals surface area (Å²) in [6, 6.07) is 5.15. The van der Waals surface area contributed by atoms with Crippen molar-refractivity contribution in [2.75, 3.05) is 13.7 Å². The van der Waals surface area contributed by atoms with Crippen LogP contribution >= 0.6 is 0 Å². The van der Waals surface area contributed by atoms with E-state index in [1.807, 2.05) is 43.3 Å². The van der Waals surface area contributed by atoms with Gasteiger partial charge in [-0.3, -0.25) is 19.1 Å². The minimum absolute atomic E-state index is 0.0178. The maximum absolute atomic E-state index is 14.9. The molecule has 4 aliphatic rings. The van der Waals surface area contributed by atoms with Crippen LogP contribution in [0.4, 0.5) is 4.79 Å². The largest absolute Gasteiger partial charge is 0.496 e. The molecule has 0 radical (unpaired) electrons. The van der Waals surface area contributed by atoms with Crippen LogP contribution in [0.2, 0.25) is 0 Å². The van der Waals surface area contributed by atoms with E-state index in [0.29, 0.717) is 49.1 Å². The number of rotatable bonds is 8. The van der Waals surface area contributed by atoms with E-state index >= 15 is 0 Å². The van der Waals surface area contributed by atoms with Crippen LogP contribution < -0.4 is 24.8 Å². The van der Waals surface area contributed by atoms with Gasteiger partial charge in [0.15, 0.2) is 0 Å². The van der Waals surface area contributed by atoms with Gasteiger partial charge < -0.3 is 29.7 Å². The number of allylic oxidation sites excluding steroid dienone is 1. The fourth-order valence-corrected chi connectivity index (χ4v) is 9.10. The van der Waals surface area contributed by atoms with Gasteiger partial charge in [-0.15, -0.1) is 0 Å². The smallest absolute Gasteiger partial charge is 0.408 e. The van der Waals surface area contributed by atoms with Crippen LogP contribution in [0.1, 0.15) is 86.0 Å². The molecule has 4 amide bonds. The average Bonchev–Trinajstić information content (AvgIpc) is 4.04. The van der Waals surface area contributed by atoms with Gasteiger partial charge in [0, 0.05) is 29.3 Å². The molecule has 6 rings (SSSR count). The van der Waals surface area contributed by atoms with Crippen molar-refractivity contribution in [3.63, 3.8) is 0 Å². The zero-order valence-corrected chi connectivity index (χ0v) is 32.7. The molecule has 2 aliphatic heterocycles. The third-order valence-electron chi connectivity index (χ3n) is 10.9. The maximum Gasteiger partial charge on any atom is 0.408 e. The van der Waals surface area contributed by atoms with Crippen LogP contribution in [0.15, 0.2) is 42.6 Å². The highest BCUT2D eigenvalue weighted by Crippen LogP contribution is 2.46. The zero-order valence-electron chi connectivity index (χ0n) is 31.9. The summed E-state index contributed by atoms with van der Waals surface area (Å²) in [7, 11) is -2.33. The molecule has 2 aliphatic carbocycles. The second-order valence-electron chi connectivity index (χ2n) is 16.2. The standard InChI is InChI=1S/C39H53N5O9S/c1-7-24-19-23(2)11-8-9-12-25-21-39(25,36(47)43-54(49,50)27-15-16-27)42-33(45)30-20-26(22-44(30)35(46)32(24)41-37(48)53-38(3,4)5)52-34-29-13-10-14-31(51-6)28(29)17-18-40-34/h9-10,12-14,17-18,23-27,30,32H,7-8,11,15-16,19-22H2,1-6H3,(H,41,48)(H,42,45)(H,43,47). The summed E-state index contributed by atoms with van der Waals surface area (Å²) in [6.45, 7) is 9.27. The topological polar surface area (TPSA) is 182 Å². The number of hydrogen-bond donors (Lipinski definition) is 3. The minimum Gasteiger partial charge on any atom is -0.496 e. The normalized spacial score (nSPS) is 29.2. The number of carbonyl (C=O) groups excluding carboxylic acids is 4. The quantitative estimate of drug-likeness (QED) is 0.327. The van der Waals surface area contributed by atoms with E-state index in [4.69, 9.17) is 14.2 Å². The number of carbonyl (C=O) groups is 4. The predicted octanol–water partition coefficient (Wildman–Crippen LogP) is 4.37. The number of nitrogens with zero attached hydrogens (tertiary/aromatic N) is 2. The summed E-state index contributed by atoms with van der Waals surface area (Å²) >= 11 is 0. The molecule has 7 unspecified atom stereocenters. The first-order valence-electron chi connectivity index (χ1n) is 19.0. The molecule has 3 N–H and O–H groups in total. The molecule has 2 saturated carbocycles. The van der Waals surface area contributed by atoms with Crippen LogP contribution in [-0.4, -0.2) is 90.3 Å². The van der Waals surface area contributed by atoms with Crippen LogP contribution in [0.5, 0.6) is 11.6 Å². The Labute approximate surface area is 317 Å². The fourth-order valence-electron chi connectivity index (χ4n) is 7.73. The van der Waals surface area contributed by atoms with Crippen molar-refractivity contribution in [3.8, 4) is 11.6 Å². The number of nitrogens with one attached hydrogen (secondary N) is 3. The molecule has 0 bridgehead atoms. The lowest BCUT2D eigenvalue weighted by molar-refractivity contribution is -0.142. The van der Waals surface area contributed by atoms with E-state index in [1.165, 1.54) is 4.90 Å². The van der Waals surface area contributed by atoms with Gasteiger partial charge in [0.1, 0.15) is 35.1 Å². The Hall–Kier alpha value is -4.40. The number of alkyl carbamates (subject to hydrolysis) is 1. The Morgan fingerprint density at radius 1 is 1.09 bits per heavy atom. The highest BCUT2D eigenvalue weighted by Gasteiger charge is 2.62. The third kappa shape index (κ3) is 8.61. The van der Waals surface area contributed by atoms with Gasteiger partial charge in [0.25, 0.3) is 5.91 Å². The number of sulfonamides is 1. The lowest BCUT2D eigenvalue weighted by Crippen LogP contribution is -2.59. The monoisotopic (exact) mass is 767 g/mol. The molecule has 1 aromatic carbocycles. The van der Waals surface area contributed by atoms with Crippen LogP contribution in [0, 0.1) is 17.8 Å². The number of fused-ring (bicyclic) bond motifs is 3. The van der Waals surface area contributed by atoms with E-state index in [1.54, 1.807) is 34.1 Å². The van der Waals surface area contributed by atoms with Gasteiger partial charge in [-0.2, -0.15) is 0 Å². The summed E-state index contributed by atoms with van der Waals surface area (Å²) in [5.41, 5.74) is -2.33. The Kier molecular flexibility index (Phi) is 11.2. The summed E-state index contributed by atoms with van der Waals surface area (Å²) in [5, 5.41) is 6.58. The fraction of sp³-hybridized carbons (Fsp3) is 0.615. The maximum atomic E-state index is 14.9. The van der Waals surface area contributed by atoms with Crippen molar-refractivity contribution in [2.45, 2.75) is 121 Å². The van der Waals surface area contributed by atoms with E-state index in [2.05, 4.69) is 27.3 Å². The SMILES string of the molecule is CCC1CC(C)CCC=CC2CC2(C(=O)NS(=O)(=O)C2CC2)NC(=O)C2CC(Oc3nccc4c(OC)cccc34)CN2C(=O)C1NC(=O)OC(C)(C)C. The number of pyridine rings is 1. The van der Waals surface area contributed by atoms with Gasteiger partial charge in [-0.25, -0.2) is 18.2 Å². The van der Waals surface area contributed by atoms with Crippen molar-refractivity contribution in [3.05, 3.63) is 42.6 Å². The third-order valence-corrected chi connectivity index (χ3v) is 12.7. The van der Waals surface area contributed by atoms with Crippen LogP contribution in [-0.2, 0) is 29.1 Å². The predicted molar refractivity (Wildman–Crippen MR) is 201 cm³/mol. The van der Waals surface area contributed by atoms with E-state index < -0.39 is 74.3 Å². The molecule has 3 fully saturated rings. The first kappa shape index (κ1) is 39.3. The molecule has 54 heavy (non-hydrogen) atoms. The molecule has 14 nitrogen and oxygen atoms in total. The first-order chi connectivity index (χ1) is 25.5. The number of benzene rings is 1. The van der Waals surface area contributed by atoms with E-state index in [9.17, 15) is 27.6 Å². The van der Waals surface area contributed by atoms with Crippen molar-refractivity contribution in [1.29, 1.82) is 0 Å². The average molecular weight is 768 g/mol. The Balaban J connectivity index is 1.36. The van der Waals surface area contributed by atoms with Gasteiger partial charge in [0.2, 0.25) is 27.7 Å². The van der Waals surface area contributed by atoms with E-state index in [0.717, 1.165) is 11.8 Å². The second-order valence-corrected chi connectivity index (χ2v) is 18.2. The van der Waals surface area contributed by atoms with Crippen molar-refractivity contribution < 1.29 is 41.8 Å². The number of methoxy groups -OCH3 is 1. The molecular weight excluding hydrogens is 715 g/mol. The van der Waals surface area contributed by atoms with Crippen LogP contribution in [0.25, 0.3) is 10.8 Å². The Morgan fingerprint density at radius 3 is 2.54 bits per heavy atom. The van der Waals surface area contributed by atoms with Gasteiger partial charge in [-0.05, 0) is 89.3 Å². The molecule has 2 aromatic rings. The second kappa shape index (κ2) is 15.4. The van der Waals surface area contributed by atoms with E-state index in [-0.39, 0.29) is 31.2 Å². The molecule has 1 saturated heterocycles. The van der Waals surface area contributed by atoms with Crippen molar-refractivity contribution >= 4 is 44.6 Å². The van der Waals surface area contributed by atoms with Crippen molar-refractivity contribution in [2.24, 2.45) is 17.8 Å². The number of ether oxygens (including phenoxy) is 3. The number of hydrogen-bond acceptors (Lipinski definition) is 10. The molecular formula is C39H53N5O9S. The summed E-state index contributed by atoms with van der Waals surface area (Å²) < 4.78 is 45.6. The Morgan fingerprint density at radius 2 is 1.85 bits per heavy atom. The molecule has 3 heterocycles. The summed E-state index contributed by atoms with van der Waals surface area (Å²) in [4.78, 5) is 62.3. The number of aromatic nitrogens is 1. The van der Waals surface area contributed by atoms with Crippen LogP contribution in [0.3, 0.4) is 0 Å². The van der Waals surface area contributed by atoms with Crippen molar-refractivity contribution in [1.82, 2.24) is 25.2 Å². The lowest BCUT2D eigenvalue weighted by atomic mass is 9.85. The highest BCUT2D eigenvalue weighted by molar-refractivity contribution is 7.91.